The van der Waals surface area contributed by atoms with E-state index in [1.807, 2.05) is 0 Å². The van der Waals surface area contributed by atoms with E-state index in [0.29, 0.717) is 16.9 Å². The van der Waals surface area contributed by atoms with E-state index in [4.69, 9.17) is 17.3 Å². The van der Waals surface area contributed by atoms with E-state index in [-0.39, 0.29) is 10.9 Å². The standard InChI is InChI=1S/C14H12ClFN2O/c1-18(11-5-6-13(16)12(15)8-11)14(19)9-3-2-4-10(17)7-9/h2-8H,17H2,1H3. The number of carbonyl (C=O) groups excluding carboxylic acids is 1. The van der Waals surface area contributed by atoms with Crippen LogP contribution in [0.1, 0.15) is 10.4 Å². The van der Waals surface area contributed by atoms with Crippen molar-refractivity contribution in [1.29, 1.82) is 0 Å². The van der Waals surface area contributed by atoms with Crippen molar-refractivity contribution in [2.45, 2.75) is 0 Å². The fraction of sp³-hybridized carbons (Fsp3) is 0.0714. The summed E-state index contributed by atoms with van der Waals surface area (Å²) >= 11 is 5.70. The molecule has 0 atom stereocenters. The molecule has 19 heavy (non-hydrogen) atoms. The summed E-state index contributed by atoms with van der Waals surface area (Å²) in [4.78, 5) is 13.6. The van der Waals surface area contributed by atoms with Gasteiger partial charge in [-0.3, -0.25) is 4.79 Å². The minimum absolute atomic E-state index is 0.0234. The number of nitrogens with two attached hydrogens (primary N) is 1. The van der Waals surface area contributed by atoms with Gasteiger partial charge < -0.3 is 10.6 Å². The molecule has 98 valence electrons. The second kappa shape index (κ2) is 5.28. The average Bonchev–Trinajstić information content (AvgIpc) is 2.40. The van der Waals surface area contributed by atoms with E-state index < -0.39 is 5.82 Å². The Hall–Kier alpha value is -2.07. The van der Waals surface area contributed by atoms with Crippen LogP contribution in [0.4, 0.5) is 15.8 Å². The molecule has 0 saturated carbocycles. The first-order valence-corrected chi connectivity index (χ1v) is 5.95. The van der Waals surface area contributed by atoms with Crippen LogP contribution in [0.5, 0.6) is 0 Å². The zero-order chi connectivity index (χ0) is 14.0. The van der Waals surface area contributed by atoms with Gasteiger partial charge in [-0.05, 0) is 36.4 Å². The van der Waals surface area contributed by atoms with Crippen molar-refractivity contribution >= 4 is 28.9 Å². The fourth-order valence-electron chi connectivity index (χ4n) is 1.68. The van der Waals surface area contributed by atoms with E-state index in [1.54, 1.807) is 31.3 Å². The van der Waals surface area contributed by atoms with Crippen molar-refractivity contribution < 1.29 is 9.18 Å². The van der Waals surface area contributed by atoms with E-state index in [1.165, 1.54) is 23.1 Å². The molecule has 0 bridgehead atoms. The molecule has 2 N–H and O–H groups in total. The zero-order valence-electron chi connectivity index (χ0n) is 10.2. The van der Waals surface area contributed by atoms with Crippen LogP contribution in [0.3, 0.4) is 0 Å². The number of anilines is 2. The van der Waals surface area contributed by atoms with Gasteiger partial charge in [-0.15, -0.1) is 0 Å². The van der Waals surface area contributed by atoms with Crippen LogP contribution in [0, 0.1) is 5.82 Å². The highest BCUT2D eigenvalue weighted by Gasteiger charge is 2.14. The molecule has 5 heteroatoms. The Balaban J connectivity index is 2.30. The summed E-state index contributed by atoms with van der Waals surface area (Å²) in [6, 6.07) is 10.8. The van der Waals surface area contributed by atoms with Gasteiger partial charge in [-0.25, -0.2) is 4.39 Å². The first kappa shape index (κ1) is 13.4. The van der Waals surface area contributed by atoms with E-state index in [2.05, 4.69) is 0 Å². The molecule has 0 aromatic heterocycles. The van der Waals surface area contributed by atoms with Crippen molar-refractivity contribution in [1.82, 2.24) is 0 Å². The number of halogens is 2. The number of benzene rings is 2. The summed E-state index contributed by atoms with van der Waals surface area (Å²) < 4.78 is 13.1. The largest absolute Gasteiger partial charge is 0.399 e. The molecule has 0 aliphatic rings. The Morgan fingerprint density at radius 2 is 2.00 bits per heavy atom. The number of hydrogen-bond acceptors (Lipinski definition) is 2. The molecule has 0 radical (unpaired) electrons. The van der Waals surface area contributed by atoms with Crippen LogP contribution >= 0.6 is 11.6 Å². The second-order valence-corrected chi connectivity index (χ2v) is 4.50. The predicted molar refractivity (Wildman–Crippen MR) is 75.0 cm³/mol. The summed E-state index contributed by atoms with van der Waals surface area (Å²) in [6.45, 7) is 0. The van der Waals surface area contributed by atoms with Crippen molar-refractivity contribution in [3.8, 4) is 0 Å². The first-order valence-electron chi connectivity index (χ1n) is 5.57. The van der Waals surface area contributed by atoms with Gasteiger partial charge >= 0.3 is 0 Å². The summed E-state index contributed by atoms with van der Waals surface area (Å²) in [5.41, 5.74) is 7.12. The van der Waals surface area contributed by atoms with Crippen LogP contribution in [-0.4, -0.2) is 13.0 Å². The maximum atomic E-state index is 13.1. The van der Waals surface area contributed by atoms with Gasteiger partial charge in [-0.1, -0.05) is 17.7 Å². The molecule has 3 nitrogen and oxygen atoms in total. The predicted octanol–water partition coefficient (Wildman–Crippen LogP) is 3.34. The molecule has 0 aliphatic heterocycles. The van der Waals surface area contributed by atoms with Gasteiger partial charge in [0.2, 0.25) is 0 Å². The molecule has 0 fully saturated rings. The topological polar surface area (TPSA) is 46.3 Å². The number of amides is 1. The van der Waals surface area contributed by atoms with Gasteiger partial charge in [0.1, 0.15) is 5.82 Å². The van der Waals surface area contributed by atoms with Crippen molar-refractivity contribution in [3.63, 3.8) is 0 Å². The van der Waals surface area contributed by atoms with Crippen LogP contribution < -0.4 is 10.6 Å². The maximum absolute atomic E-state index is 13.1. The zero-order valence-corrected chi connectivity index (χ0v) is 11.0. The molecule has 1 amide bonds. The molecule has 0 heterocycles. The molecule has 0 unspecified atom stereocenters. The van der Waals surface area contributed by atoms with Gasteiger partial charge in [0.25, 0.3) is 5.91 Å². The SMILES string of the molecule is CN(C(=O)c1cccc(N)c1)c1ccc(F)c(Cl)c1. The average molecular weight is 279 g/mol. The molecule has 2 rings (SSSR count). The molecule has 0 saturated heterocycles. The third kappa shape index (κ3) is 2.85. The lowest BCUT2D eigenvalue weighted by Gasteiger charge is -2.18. The van der Waals surface area contributed by atoms with Crippen LogP contribution in [0.2, 0.25) is 5.02 Å². The minimum Gasteiger partial charge on any atom is -0.399 e. The normalized spacial score (nSPS) is 10.3. The second-order valence-electron chi connectivity index (χ2n) is 4.09. The summed E-state index contributed by atoms with van der Waals surface area (Å²) in [5.74, 6) is -0.759. The Bertz CT molecular complexity index is 631. The molecule has 2 aromatic carbocycles. The Kier molecular flexibility index (Phi) is 3.71. The third-order valence-corrected chi connectivity index (χ3v) is 3.02. The number of nitrogens with zero attached hydrogens (tertiary/aromatic N) is 1. The monoisotopic (exact) mass is 278 g/mol. The molecule has 0 aliphatic carbocycles. The lowest BCUT2D eigenvalue weighted by atomic mass is 10.1. The number of nitrogen functional groups attached to an aromatic ring is 1. The number of rotatable bonds is 2. The third-order valence-electron chi connectivity index (χ3n) is 2.73. The smallest absolute Gasteiger partial charge is 0.258 e. The molecular weight excluding hydrogens is 267 g/mol. The summed E-state index contributed by atoms with van der Waals surface area (Å²) in [5, 5.41) is -0.0234. The molecule has 0 spiro atoms. The fourth-order valence-corrected chi connectivity index (χ4v) is 1.85. The number of carbonyl (C=O) groups is 1. The highest BCUT2D eigenvalue weighted by atomic mass is 35.5. The van der Waals surface area contributed by atoms with Gasteiger partial charge in [0.05, 0.1) is 5.02 Å². The van der Waals surface area contributed by atoms with E-state index >= 15 is 0 Å². The quantitative estimate of drug-likeness (QED) is 0.857. The lowest BCUT2D eigenvalue weighted by Crippen LogP contribution is -2.26. The highest BCUT2D eigenvalue weighted by Crippen LogP contribution is 2.23. The van der Waals surface area contributed by atoms with Crippen molar-refractivity contribution in [2.24, 2.45) is 0 Å². The minimum atomic E-state index is -0.518. The van der Waals surface area contributed by atoms with Crippen molar-refractivity contribution in [2.75, 3.05) is 17.7 Å². The molecule has 2 aromatic rings. The Labute approximate surface area is 115 Å². The maximum Gasteiger partial charge on any atom is 0.258 e. The summed E-state index contributed by atoms with van der Waals surface area (Å²) in [6.07, 6.45) is 0. The van der Waals surface area contributed by atoms with E-state index in [0.717, 1.165) is 0 Å². The van der Waals surface area contributed by atoms with Gasteiger partial charge in [0.15, 0.2) is 0 Å². The van der Waals surface area contributed by atoms with Crippen molar-refractivity contribution in [3.05, 3.63) is 58.9 Å². The van der Waals surface area contributed by atoms with Gasteiger partial charge in [-0.2, -0.15) is 0 Å². The Morgan fingerprint density at radius 1 is 1.26 bits per heavy atom. The van der Waals surface area contributed by atoms with Crippen LogP contribution in [0.15, 0.2) is 42.5 Å². The van der Waals surface area contributed by atoms with Gasteiger partial charge in [0, 0.05) is 24.0 Å². The van der Waals surface area contributed by atoms with Crippen LogP contribution in [-0.2, 0) is 0 Å². The summed E-state index contributed by atoms with van der Waals surface area (Å²) in [7, 11) is 1.59. The molecular formula is C14H12ClFN2O. The number of hydrogen-bond donors (Lipinski definition) is 1. The highest BCUT2D eigenvalue weighted by molar-refractivity contribution is 6.31. The first-order chi connectivity index (χ1) is 8.99. The Morgan fingerprint density at radius 3 is 2.63 bits per heavy atom. The van der Waals surface area contributed by atoms with E-state index in [9.17, 15) is 9.18 Å². The van der Waals surface area contributed by atoms with Crippen LogP contribution in [0.25, 0.3) is 0 Å². The lowest BCUT2D eigenvalue weighted by molar-refractivity contribution is 0.0993.